The summed E-state index contributed by atoms with van der Waals surface area (Å²) in [5.74, 6) is -1.66. The molecule has 1 fully saturated rings. The summed E-state index contributed by atoms with van der Waals surface area (Å²) in [4.78, 5) is 32.9. The Morgan fingerprint density at radius 2 is 1.87 bits per heavy atom. The van der Waals surface area contributed by atoms with Crippen LogP contribution in [0.3, 0.4) is 0 Å². The molecule has 1 aliphatic carbocycles. The van der Waals surface area contributed by atoms with Gasteiger partial charge in [-0.1, -0.05) is 6.07 Å². The van der Waals surface area contributed by atoms with Crippen molar-refractivity contribution in [3.8, 4) is 17.0 Å². The maximum Gasteiger partial charge on any atom is 0.416 e. The Morgan fingerprint density at radius 3 is 2.54 bits per heavy atom. The van der Waals surface area contributed by atoms with Crippen LogP contribution in [0.4, 0.5) is 29.1 Å². The lowest BCUT2D eigenvalue weighted by Crippen LogP contribution is -2.19. The average molecular weight is 542 g/mol. The molecule has 1 aliphatic rings. The largest absolute Gasteiger partial charge is 0.495 e. The number of nitrogens with one attached hydrogen (secondary N) is 1. The summed E-state index contributed by atoms with van der Waals surface area (Å²) in [6.45, 7) is 0. The molecular weight excluding hydrogens is 520 g/mol. The van der Waals surface area contributed by atoms with E-state index in [-0.39, 0.29) is 35.1 Å². The number of carbonyl (C=O) groups excluding carboxylic acids is 2. The third-order valence-electron chi connectivity index (χ3n) is 6.64. The molecule has 1 amide bonds. The van der Waals surface area contributed by atoms with Crippen molar-refractivity contribution < 1.29 is 31.9 Å². The second-order valence-electron chi connectivity index (χ2n) is 9.08. The molecule has 0 bridgehead atoms. The summed E-state index contributed by atoms with van der Waals surface area (Å²) in [5, 5.41) is 7.75. The Balaban J connectivity index is 1.48. The maximum absolute atomic E-state index is 14.3. The Morgan fingerprint density at radius 1 is 1.13 bits per heavy atom. The molecule has 0 aliphatic heterocycles. The number of hydrogen-bond donors (Lipinski definition) is 2. The van der Waals surface area contributed by atoms with Gasteiger partial charge in [0.25, 0.3) is 5.91 Å². The number of carbonyl (C=O) groups is 2. The number of alkyl halides is 3. The number of benzene rings is 2. The first-order valence-electron chi connectivity index (χ1n) is 11.9. The van der Waals surface area contributed by atoms with Crippen LogP contribution in [-0.4, -0.2) is 38.5 Å². The van der Waals surface area contributed by atoms with Crippen molar-refractivity contribution >= 4 is 34.2 Å². The van der Waals surface area contributed by atoms with Crippen LogP contribution in [0.25, 0.3) is 22.3 Å². The predicted molar refractivity (Wildman–Crippen MR) is 134 cm³/mol. The number of nitrogens with two attached hydrogens (primary N) is 1. The number of methoxy groups -OCH3 is 1. The molecule has 0 radical (unpaired) electrons. The molecule has 3 N–H and O–H groups in total. The van der Waals surface area contributed by atoms with E-state index in [0.717, 1.165) is 6.07 Å². The third kappa shape index (κ3) is 4.99. The predicted octanol–water partition coefficient (Wildman–Crippen LogP) is 5.18. The van der Waals surface area contributed by atoms with Gasteiger partial charge in [-0.05, 0) is 43.2 Å². The number of nitrogen functional groups attached to an aromatic ring is 1. The highest BCUT2D eigenvalue weighted by Gasteiger charge is 2.32. The molecular formula is C26H22F4N6O3. The van der Waals surface area contributed by atoms with Crippen molar-refractivity contribution in [1.82, 2.24) is 19.7 Å². The molecule has 0 unspecified atom stereocenters. The van der Waals surface area contributed by atoms with Gasteiger partial charge in [-0.2, -0.15) is 18.3 Å². The standard InChI is InChI=1S/C26H22F4N6O3/c1-39-20-10-13(2-9-19(20)34-25(38)17-8-3-14(11-18(17)27)26(28,29)30)22-21-23(31)32-12-33-24(21)36(35-22)15-4-6-16(37)7-5-15/h2-3,8-12,15H,4-7H2,1H3,(H,34,38)(H2,31,32,33). The second-order valence-corrected chi connectivity index (χ2v) is 9.08. The first-order chi connectivity index (χ1) is 18.6. The zero-order chi connectivity index (χ0) is 27.9. The molecule has 2 aromatic heterocycles. The molecule has 9 nitrogen and oxygen atoms in total. The van der Waals surface area contributed by atoms with Gasteiger partial charge in [-0.3, -0.25) is 9.59 Å². The fourth-order valence-corrected chi connectivity index (χ4v) is 4.63. The van der Waals surface area contributed by atoms with Crippen LogP contribution in [0.2, 0.25) is 0 Å². The van der Waals surface area contributed by atoms with E-state index in [4.69, 9.17) is 15.6 Å². The smallest absolute Gasteiger partial charge is 0.416 e. The van der Waals surface area contributed by atoms with Crippen LogP contribution in [-0.2, 0) is 11.0 Å². The van der Waals surface area contributed by atoms with E-state index in [1.54, 1.807) is 16.8 Å². The van der Waals surface area contributed by atoms with Crippen molar-refractivity contribution in [2.45, 2.75) is 37.9 Å². The van der Waals surface area contributed by atoms with Crippen LogP contribution >= 0.6 is 0 Å². The SMILES string of the molecule is COc1cc(-c2nn(C3CCC(=O)CC3)c3ncnc(N)c23)ccc1NC(=O)c1ccc(C(F)(F)F)cc1F. The monoisotopic (exact) mass is 542 g/mol. The molecule has 2 aromatic carbocycles. The van der Waals surface area contributed by atoms with Gasteiger partial charge in [0.05, 0.1) is 35.4 Å². The Bertz CT molecular complexity index is 1590. The van der Waals surface area contributed by atoms with Crippen LogP contribution < -0.4 is 15.8 Å². The minimum absolute atomic E-state index is 0.0488. The average Bonchev–Trinajstić information content (AvgIpc) is 3.29. The quantitative estimate of drug-likeness (QED) is 0.333. The van der Waals surface area contributed by atoms with Gasteiger partial charge in [0.15, 0.2) is 5.65 Å². The molecule has 2 heterocycles. The number of halogens is 4. The lowest BCUT2D eigenvalue weighted by Gasteiger charge is -2.21. The van der Waals surface area contributed by atoms with Crippen molar-refractivity contribution in [3.05, 3.63) is 59.7 Å². The lowest BCUT2D eigenvalue weighted by molar-refractivity contribution is -0.137. The molecule has 5 rings (SSSR count). The number of hydrogen-bond acceptors (Lipinski definition) is 7. The summed E-state index contributed by atoms with van der Waals surface area (Å²) < 4.78 is 60.0. The normalized spacial score (nSPS) is 14.5. The molecule has 1 saturated carbocycles. The molecule has 4 aromatic rings. The number of Topliss-reactive ketones (excluding diaryl/α,β-unsaturated/α-hetero) is 1. The summed E-state index contributed by atoms with van der Waals surface area (Å²) in [7, 11) is 1.36. The zero-order valence-electron chi connectivity index (χ0n) is 20.6. The summed E-state index contributed by atoms with van der Waals surface area (Å²) in [5.41, 5.74) is 6.12. The van der Waals surface area contributed by atoms with E-state index in [1.807, 2.05) is 0 Å². The van der Waals surface area contributed by atoms with E-state index < -0.39 is 29.0 Å². The molecule has 39 heavy (non-hydrogen) atoms. The van der Waals surface area contributed by atoms with Gasteiger partial charge in [0, 0.05) is 18.4 Å². The number of fused-ring (bicyclic) bond motifs is 1. The van der Waals surface area contributed by atoms with Crippen LogP contribution in [0.5, 0.6) is 5.75 Å². The second kappa shape index (κ2) is 9.97. The number of anilines is 2. The highest BCUT2D eigenvalue weighted by Crippen LogP contribution is 2.38. The van der Waals surface area contributed by atoms with Gasteiger partial charge >= 0.3 is 6.18 Å². The topological polar surface area (TPSA) is 125 Å². The number of amides is 1. The third-order valence-corrected chi connectivity index (χ3v) is 6.64. The van der Waals surface area contributed by atoms with Gasteiger partial charge < -0.3 is 15.8 Å². The molecule has 0 atom stereocenters. The molecule has 0 spiro atoms. The van der Waals surface area contributed by atoms with Crippen molar-refractivity contribution in [2.24, 2.45) is 0 Å². The molecule has 13 heteroatoms. The molecule has 202 valence electrons. The van der Waals surface area contributed by atoms with E-state index in [1.165, 1.54) is 19.5 Å². The van der Waals surface area contributed by atoms with E-state index in [2.05, 4.69) is 15.3 Å². The minimum Gasteiger partial charge on any atom is -0.495 e. The van der Waals surface area contributed by atoms with Gasteiger partial charge in [0.1, 0.15) is 35.2 Å². The fourth-order valence-electron chi connectivity index (χ4n) is 4.63. The Hall–Kier alpha value is -4.55. The first-order valence-corrected chi connectivity index (χ1v) is 11.9. The maximum atomic E-state index is 14.3. The van der Waals surface area contributed by atoms with Crippen molar-refractivity contribution in [1.29, 1.82) is 0 Å². The fraction of sp³-hybridized carbons (Fsp3) is 0.269. The van der Waals surface area contributed by atoms with E-state index in [0.29, 0.717) is 54.0 Å². The van der Waals surface area contributed by atoms with Gasteiger partial charge in [-0.25, -0.2) is 19.0 Å². The zero-order valence-corrected chi connectivity index (χ0v) is 20.6. The van der Waals surface area contributed by atoms with Crippen molar-refractivity contribution in [2.75, 3.05) is 18.2 Å². The summed E-state index contributed by atoms with van der Waals surface area (Å²) in [6, 6.07) is 6.34. The summed E-state index contributed by atoms with van der Waals surface area (Å²) >= 11 is 0. The highest BCUT2D eigenvalue weighted by atomic mass is 19.4. The Labute approximate surface area is 219 Å². The first kappa shape index (κ1) is 26.1. The number of aromatic nitrogens is 4. The van der Waals surface area contributed by atoms with Crippen LogP contribution in [0.1, 0.15) is 47.6 Å². The van der Waals surface area contributed by atoms with Crippen LogP contribution in [0, 0.1) is 5.82 Å². The number of nitrogens with zero attached hydrogens (tertiary/aromatic N) is 4. The highest BCUT2D eigenvalue weighted by molar-refractivity contribution is 6.06. The minimum atomic E-state index is -4.74. The van der Waals surface area contributed by atoms with Crippen LogP contribution in [0.15, 0.2) is 42.7 Å². The van der Waals surface area contributed by atoms with Gasteiger partial charge in [-0.15, -0.1) is 0 Å². The molecule has 0 saturated heterocycles. The number of ketones is 1. The summed E-state index contributed by atoms with van der Waals surface area (Å²) in [6.07, 6.45) is -1.27. The van der Waals surface area contributed by atoms with Gasteiger partial charge in [0.2, 0.25) is 0 Å². The number of ether oxygens (including phenoxy) is 1. The van der Waals surface area contributed by atoms with E-state index in [9.17, 15) is 27.2 Å². The van der Waals surface area contributed by atoms with Crippen molar-refractivity contribution in [3.63, 3.8) is 0 Å². The lowest BCUT2D eigenvalue weighted by atomic mass is 9.94. The van der Waals surface area contributed by atoms with E-state index >= 15 is 0 Å². The Kier molecular flexibility index (Phi) is 6.66. The number of rotatable bonds is 5.